The van der Waals surface area contributed by atoms with Gasteiger partial charge in [0.2, 0.25) is 0 Å². The van der Waals surface area contributed by atoms with Crippen LogP contribution in [-0.2, 0) is 28.9 Å². The molecule has 0 saturated carbocycles. The lowest BCUT2D eigenvalue weighted by molar-refractivity contribution is 0.0145. The monoisotopic (exact) mass is 475 g/mol. The number of rotatable bonds is 6. The Morgan fingerprint density at radius 3 is 2.68 bits per heavy atom. The van der Waals surface area contributed by atoms with Gasteiger partial charge in [0.15, 0.2) is 11.6 Å². The molecular weight excluding hydrogens is 444 g/mol. The van der Waals surface area contributed by atoms with Gasteiger partial charge in [-0.05, 0) is 49.3 Å². The van der Waals surface area contributed by atoms with Crippen molar-refractivity contribution in [1.29, 1.82) is 0 Å². The molecule has 9 heteroatoms. The first-order chi connectivity index (χ1) is 16.1. The van der Waals surface area contributed by atoms with Gasteiger partial charge in [-0.2, -0.15) is 5.10 Å². The van der Waals surface area contributed by atoms with Crippen LogP contribution in [0.5, 0.6) is 0 Å². The van der Waals surface area contributed by atoms with E-state index in [1.807, 2.05) is 25.5 Å². The number of esters is 1. The summed E-state index contributed by atoms with van der Waals surface area (Å²) in [7, 11) is 0. The average Bonchev–Trinajstić information content (AvgIpc) is 3.07. The molecule has 4 rings (SSSR count). The van der Waals surface area contributed by atoms with E-state index < -0.39 is 23.0 Å². The van der Waals surface area contributed by atoms with Gasteiger partial charge >= 0.3 is 5.97 Å². The second-order valence-corrected chi connectivity index (χ2v) is 10.1. The Labute approximate surface area is 197 Å². The van der Waals surface area contributed by atoms with Crippen LogP contribution in [0.15, 0.2) is 18.2 Å². The lowest BCUT2D eigenvalue weighted by atomic mass is 9.76. The fourth-order valence-electron chi connectivity index (χ4n) is 4.72. The molecule has 1 fully saturated rings. The molecule has 0 aliphatic carbocycles. The van der Waals surface area contributed by atoms with Gasteiger partial charge in [-0.15, -0.1) is 0 Å². The third kappa shape index (κ3) is 4.99. The van der Waals surface area contributed by atoms with Gasteiger partial charge in [-0.25, -0.2) is 13.6 Å². The number of nitrogens with zero attached hydrogens (tertiary/aromatic N) is 2. The maximum Gasteiger partial charge on any atom is 0.338 e. The Hall–Kier alpha value is -2.81. The van der Waals surface area contributed by atoms with E-state index in [9.17, 15) is 18.4 Å². The molecule has 1 aromatic heterocycles. The third-order valence-corrected chi connectivity index (χ3v) is 6.74. The van der Waals surface area contributed by atoms with Crippen molar-refractivity contribution in [3.63, 3.8) is 0 Å². The smallest absolute Gasteiger partial charge is 0.338 e. The molecule has 2 aliphatic rings. The molecule has 1 amide bonds. The molecule has 1 spiro atoms. The van der Waals surface area contributed by atoms with Crippen molar-refractivity contribution in [3.8, 4) is 0 Å². The first kappa shape index (κ1) is 24.3. The van der Waals surface area contributed by atoms with Crippen molar-refractivity contribution in [3.05, 3.63) is 52.3 Å². The highest BCUT2D eigenvalue weighted by molar-refractivity contribution is 5.97. The normalized spacial score (nSPS) is 17.7. The number of hydrogen-bond donors (Lipinski definition) is 1. The Balaban J connectivity index is 1.54. The minimum absolute atomic E-state index is 0.0472. The maximum absolute atomic E-state index is 13.5. The van der Waals surface area contributed by atoms with Gasteiger partial charge in [0.05, 0.1) is 29.1 Å². The number of aromatic nitrogens is 2. The Morgan fingerprint density at radius 2 is 2.00 bits per heavy atom. The number of benzene rings is 1. The van der Waals surface area contributed by atoms with Crippen molar-refractivity contribution < 1.29 is 27.8 Å². The lowest BCUT2D eigenvalue weighted by Gasteiger charge is -2.36. The maximum atomic E-state index is 13.5. The van der Waals surface area contributed by atoms with Crippen molar-refractivity contribution in [2.45, 2.75) is 53.0 Å². The van der Waals surface area contributed by atoms with E-state index in [4.69, 9.17) is 14.6 Å². The number of nitrogens with one attached hydrogen (secondary N) is 1. The molecule has 0 unspecified atom stereocenters. The number of fused-ring (bicyclic) bond motifs is 1. The van der Waals surface area contributed by atoms with E-state index >= 15 is 0 Å². The second-order valence-electron chi connectivity index (χ2n) is 10.1. The van der Waals surface area contributed by atoms with Crippen LogP contribution in [0.4, 0.5) is 8.78 Å². The van der Waals surface area contributed by atoms with Crippen LogP contribution in [0, 0.1) is 22.5 Å². The molecule has 2 aliphatic heterocycles. The molecule has 0 atom stereocenters. The molecule has 3 heterocycles. The molecule has 1 aromatic carbocycles. The number of carbonyl (C=O) groups is 2. The molecule has 34 heavy (non-hydrogen) atoms. The topological polar surface area (TPSA) is 82.5 Å². The highest BCUT2D eigenvalue weighted by Gasteiger charge is 2.40. The summed E-state index contributed by atoms with van der Waals surface area (Å²) in [6, 6.07) is 2.93. The van der Waals surface area contributed by atoms with Gasteiger partial charge < -0.3 is 14.8 Å². The summed E-state index contributed by atoms with van der Waals surface area (Å²) in [4.78, 5) is 25.4. The molecule has 184 valence electrons. The fourth-order valence-corrected chi connectivity index (χ4v) is 4.72. The van der Waals surface area contributed by atoms with Crippen molar-refractivity contribution in [1.82, 2.24) is 15.1 Å². The van der Waals surface area contributed by atoms with Crippen LogP contribution in [0.25, 0.3) is 0 Å². The van der Waals surface area contributed by atoms with Crippen LogP contribution in [0.1, 0.15) is 65.7 Å². The fraction of sp³-hybridized carbons (Fsp3) is 0.560. The van der Waals surface area contributed by atoms with E-state index in [1.165, 1.54) is 6.07 Å². The SMILES string of the molecule is CCc1nn(CC(C)(C)COC(=O)c2ccc(F)c(F)c2)c2c1C(=O)NCC1(CCOCC1)C2. The van der Waals surface area contributed by atoms with Gasteiger partial charge in [-0.1, -0.05) is 20.8 Å². The Bertz CT molecular complexity index is 1090. The summed E-state index contributed by atoms with van der Waals surface area (Å²) in [6.45, 7) is 8.29. The predicted octanol–water partition coefficient (Wildman–Crippen LogP) is 3.69. The Kier molecular flexibility index (Phi) is 6.75. The molecule has 1 N–H and O–H groups in total. The quantitative estimate of drug-likeness (QED) is 0.645. The zero-order valence-corrected chi connectivity index (χ0v) is 19.9. The number of ether oxygens (including phenoxy) is 2. The van der Waals surface area contributed by atoms with Crippen molar-refractivity contribution in [2.24, 2.45) is 10.8 Å². The molecule has 7 nitrogen and oxygen atoms in total. The number of hydrogen-bond acceptors (Lipinski definition) is 5. The second kappa shape index (κ2) is 9.44. The zero-order chi connectivity index (χ0) is 24.5. The summed E-state index contributed by atoms with van der Waals surface area (Å²) < 4.78 is 39.5. The number of halogens is 2. The first-order valence-corrected chi connectivity index (χ1v) is 11.7. The first-order valence-electron chi connectivity index (χ1n) is 11.7. The van der Waals surface area contributed by atoms with Crippen molar-refractivity contribution >= 4 is 11.9 Å². The summed E-state index contributed by atoms with van der Waals surface area (Å²) >= 11 is 0. The Morgan fingerprint density at radius 1 is 1.26 bits per heavy atom. The van der Waals surface area contributed by atoms with Gasteiger partial charge in [0, 0.05) is 31.7 Å². The predicted molar refractivity (Wildman–Crippen MR) is 121 cm³/mol. The van der Waals surface area contributed by atoms with Crippen LogP contribution < -0.4 is 5.32 Å². The molecule has 1 saturated heterocycles. The van der Waals surface area contributed by atoms with E-state index in [-0.39, 0.29) is 23.5 Å². The molecule has 0 radical (unpaired) electrons. The highest BCUT2D eigenvalue weighted by Crippen LogP contribution is 2.38. The highest BCUT2D eigenvalue weighted by atomic mass is 19.2. The van der Waals surface area contributed by atoms with Gasteiger partial charge in [-0.3, -0.25) is 9.48 Å². The summed E-state index contributed by atoms with van der Waals surface area (Å²) in [5, 5.41) is 7.87. The van der Waals surface area contributed by atoms with E-state index in [0.717, 1.165) is 42.8 Å². The van der Waals surface area contributed by atoms with Crippen LogP contribution >= 0.6 is 0 Å². The van der Waals surface area contributed by atoms with E-state index in [0.29, 0.717) is 38.3 Å². The summed E-state index contributed by atoms with van der Waals surface area (Å²) in [5.41, 5.74) is 1.69. The summed E-state index contributed by atoms with van der Waals surface area (Å²) in [6.07, 6.45) is 3.09. The van der Waals surface area contributed by atoms with Gasteiger partial charge in [0.1, 0.15) is 0 Å². The number of carbonyl (C=O) groups excluding carboxylic acids is 2. The molecular formula is C25H31F2N3O4. The van der Waals surface area contributed by atoms with Crippen LogP contribution in [0.2, 0.25) is 0 Å². The van der Waals surface area contributed by atoms with Gasteiger partial charge in [0.25, 0.3) is 5.91 Å². The van der Waals surface area contributed by atoms with Crippen LogP contribution in [-0.4, -0.2) is 48.0 Å². The number of aryl methyl sites for hydroxylation is 1. The summed E-state index contributed by atoms with van der Waals surface area (Å²) in [5.74, 6) is -2.93. The molecule has 2 aromatic rings. The van der Waals surface area contributed by atoms with E-state index in [1.54, 1.807) is 0 Å². The minimum Gasteiger partial charge on any atom is -0.461 e. The largest absolute Gasteiger partial charge is 0.461 e. The van der Waals surface area contributed by atoms with Crippen molar-refractivity contribution in [2.75, 3.05) is 26.4 Å². The zero-order valence-electron chi connectivity index (χ0n) is 19.9. The van der Waals surface area contributed by atoms with E-state index in [2.05, 4.69) is 5.32 Å². The average molecular weight is 476 g/mol. The number of amides is 1. The lowest BCUT2D eigenvalue weighted by Crippen LogP contribution is -2.41. The minimum atomic E-state index is -1.10. The molecule has 0 bridgehead atoms. The standard InChI is InChI=1S/C25H31F2N3O4/c1-4-19-21-20(12-25(13-28-22(21)31)7-9-33-10-8-25)30(29-19)14-24(2,3)15-34-23(32)16-5-6-17(26)18(27)11-16/h5-6,11H,4,7-10,12-15H2,1-3H3,(H,28,31). The third-order valence-electron chi connectivity index (χ3n) is 6.74. The van der Waals surface area contributed by atoms with Crippen LogP contribution in [0.3, 0.4) is 0 Å².